The Morgan fingerprint density at radius 2 is 2.00 bits per heavy atom. The van der Waals surface area contributed by atoms with Gasteiger partial charge < -0.3 is 16.8 Å². The summed E-state index contributed by atoms with van der Waals surface area (Å²) >= 11 is 0. The molecule has 0 aliphatic rings. The van der Waals surface area contributed by atoms with E-state index in [1.54, 1.807) is 23.0 Å². The Kier molecular flexibility index (Phi) is 4.55. The molecule has 0 aliphatic carbocycles. The number of carbonyl (C=O) groups excluding carboxylic acids is 2. The van der Waals surface area contributed by atoms with E-state index in [9.17, 15) is 9.59 Å². The van der Waals surface area contributed by atoms with Crippen LogP contribution in [0.4, 0.5) is 5.69 Å². The van der Waals surface area contributed by atoms with E-state index in [1.165, 1.54) is 0 Å². The number of hydrogen-bond acceptors (Lipinski definition) is 4. The van der Waals surface area contributed by atoms with Crippen molar-refractivity contribution in [3.05, 3.63) is 42.2 Å². The molecule has 1 aromatic heterocycles. The summed E-state index contributed by atoms with van der Waals surface area (Å²) in [7, 11) is 0. The third kappa shape index (κ3) is 3.82. The Bertz CT molecular complexity index is 650. The highest BCUT2D eigenvalue weighted by Gasteiger charge is 2.10. The maximum absolute atomic E-state index is 11.9. The maximum Gasteiger partial charge on any atom is 0.271 e. The average Bonchev–Trinajstić information content (AvgIpc) is 2.93. The molecule has 0 bridgehead atoms. The Morgan fingerprint density at radius 1 is 1.24 bits per heavy atom. The van der Waals surface area contributed by atoms with Gasteiger partial charge in [0.25, 0.3) is 5.91 Å². The average molecular weight is 287 g/mol. The SMILES string of the molecule is NC(=O)CCCNC(=O)c1ccn(-c2ccccc2N)n1. The lowest BCUT2D eigenvalue weighted by Crippen LogP contribution is -2.26. The van der Waals surface area contributed by atoms with E-state index in [1.807, 2.05) is 18.2 Å². The zero-order chi connectivity index (χ0) is 15.2. The fourth-order valence-electron chi connectivity index (χ4n) is 1.83. The van der Waals surface area contributed by atoms with Crippen molar-refractivity contribution >= 4 is 17.5 Å². The van der Waals surface area contributed by atoms with Crippen LogP contribution in [-0.4, -0.2) is 28.1 Å². The Labute approximate surface area is 121 Å². The van der Waals surface area contributed by atoms with Crippen LogP contribution in [0.1, 0.15) is 23.3 Å². The van der Waals surface area contributed by atoms with Crippen molar-refractivity contribution in [2.75, 3.05) is 12.3 Å². The number of hydrogen-bond donors (Lipinski definition) is 3. The molecule has 0 saturated heterocycles. The van der Waals surface area contributed by atoms with Crippen LogP contribution in [0.5, 0.6) is 0 Å². The fraction of sp³-hybridized carbons (Fsp3) is 0.214. The van der Waals surface area contributed by atoms with Gasteiger partial charge in [-0.05, 0) is 24.6 Å². The first-order valence-electron chi connectivity index (χ1n) is 6.55. The molecule has 0 fully saturated rings. The first-order chi connectivity index (χ1) is 10.1. The summed E-state index contributed by atoms with van der Waals surface area (Å²) in [5.41, 5.74) is 12.5. The molecule has 1 aromatic carbocycles. The van der Waals surface area contributed by atoms with Crippen LogP contribution < -0.4 is 16.8 Å². The molecule has 0 saturated carbocycles. The predicted molar refractivity (Wildman–Crippen MR) is 78.7 cm³/mol. The zero-order valence-electron chi connectivity index (χ0n) is 11.5. The highest BCUT2D eigenvalue weighted by molar-refractivity contribution is 5.92. The third-order valence-electron chi connectivity index (χ3n) is 2.89. The maximum atomic E-state index is 11.9. The summed E-state index contributed by atoms with van der Waals surface area (Å²) in [4.78, 5) is 22.5. The molecule has 21 heavy (non-hydrogen) atoms. The molecule has 2 amide bonds. The Balaban J connectivity index is 1.98. The van der Waals surface area contributed by atoms with E-state index in [0.29, 0.717) is 24.3 Å². The van der Waals surface area contributed by atoms with Crippen molar-refractivity contribution in [3.8, 4) is 5.69 Å². The third-order valence-corrected chi connectivity index (χ3v) is 2.89. The molecule has 0 aliphatic heterocycles. The molecule has 0 spiro atoms. The number of nitrogens with two attached hydrogens (primary N) is 2. The van der Waals surface area contributed by atoms with Crippen LogP contribution >= 0.6 is 0 Å². The highest BCUT2D eigenvalue weighted by atomic mass is 16.2. The molecule has 7 nitrogen and oxygen atoms in total. The minimum atomic E-state index is -0.381. The number of rotatable bonds is 6. The van der Waals surface area contributed by atoms with Gasteiger partial charge in [-0.3, -0.25) is 9.59 Å². The minimum absolute atomic E-state index is 0.245. The molecular formula is C14H17N5O2. The lowest BCUT2D eigenvalue weighted by atomic mass is 10.3. The second-order valence-electron chi connectivity index (χ2n) is 4.53. The van der Waals surface area contributed by atoms with E-state index in [4.69, 9.17) is 11.5 Å². The van der Waals surface area contributed by atoms with Gasteiger partial charge in [-0.2, -0.15) is 5.10 Å². The summed E-state index contributed by atoms with van der Waals surface area (Å²) in [6.07, 6.45) is 2.42. The van der Waals surface area contributed by atoms with Gasteiger partial charge in [0.2, 0.25) is 5.91 Å². The molecular weight excluding hydrogens is 270 g/mol. The number of nitrogens with one attached hydrogen (secondary N) is 1. The lowest BCUT2D eigenvalue weighted by molar-refractivity contribution is -0.118. The predicted octanol–water partition coefficient (Wildman–Crippen LogP) is 0.450. The number of amides is 2. The van der Waals surface area contributed by atoms with E-state index in [-0.39, 0.29) is 23.9 Å². The second kappa shape index (κ2) is 6.56. The number of primary amides is 1. The van der Waals surface area contributed by atoms with E-state index in [0.717, 1.165) is 0 Å². The number of para-hydroxylation sites is 2. The van der Waals surface area contributed by atoms with E-state index in [2.05, 4.69) is 10.4 Å². The molecule has 2 rings (SSSR count). The quantitative estimate of drug-likeness (QED) is 0.528. The van der Waals surface area contributed by atoms with Gasteiger partial charge in [0.15, 0.2) is 5.69 Å². The molecule has 0 unspecified atom stereocenters. The van der Waals surface area contributed by atoms with Crippen LogP contribution in [0.25, 0.3) is 5.69 Å². The van der Waals surface area contributed by atoms with Crippen LogP contribution in [0, 0.1) is 0 Å². The minimum Gasteiger partial charge on any atom is -0.397 e. The lowest BCUT2D eigenvalue weighted by Gasteiger charge is -2.05. The van der Waals surface area contributed by atoms with Crippen molar-refractivity contribution < 1.29 is 9.59 Å². The number of anilines is 1. The van der Waals surface area contributed by atoms with E-state index >= 15 is 0 Å². The topological polar surface area (TPSA) is 116 Å². The number of aromatic nitrogens is 2. The molecule has 2 aromatic rings. The molecule has 110 valence electrons. The number of benzene rings is 1. The van der Waals surface area contributed by atoms with Gasteiger partial charge in [0.05, 0.1) is 11.4 Å². The van der Waals surface area contributed by atoms with E-state index < -0.39 is 0 Å². The molecule has 7 heteroatoms. The number of nitrogens with zero attached hydrogens (tertiary/aromatic N) is 2. The smallest absolute Gasteiger partial charge is 0.271 e. The van der Waals surface area contributed by atoms with Crippen molar-refractivity contribution in [2.24, 2.45) is 5.73 Å². The van der Waals surface area contributed by atoms with Gasteiger partial charge in [0, 0.05) is 19.2 Å². The number of carbonyl (C=O) groups is 2. The van der Waals surface area contributed by atoms with Crippen LogP contribution in [-0.2, 0) is 4.79 Å². The summed E-state index contributed by atoms with van der Waals surface area (Å²) in [6, 6.07) is 8.86. The first kappa shape index (κ1) is 14.6. The number of nitrogen functional groups attached to an aromatic ring is 1. The Morgan fingerprint density at radius 3 is 2.71 bits per heavy atom. The second-order valence-corrected chi connectivity index (χ2v) is 4.53. The van der Waals surface area contributed by atoms with Crippen LogP contribution in [0.2, 0.25) is 0 Å². The molecule has 0 atom stereocenters. The summed E-state index contributed by atoms with van der Waals surface area (Å²) in [5.74, 6) is -0.680. The largest absolute Gasteiger partial charge is 0.397 e. The molecule has 0 radical (unpaired) electrons. The Hall–Kier alpha value is -2.83. The van der Waals surface area contributed by atoms with Gasteiger partial charge >= 0.3 is 0 Å². The highest BCUT2D eigenvalue weighted by Crippen LogP contribution is 2.15. The van der Waals surface area contributed by atoms with Crippen LogP contribution in [0.3, 0.4) is 0 Å². The molecule has 1 heterocycles. The zero-order valence-corrected chi connectivity index (χ0v) is 11.5. The van der Waals surface area contributed by atoms with Crippen molar-refractivity contribution in [1.29, 1.82) is 0 Å². The van der Waals surface area contributed by atoms with Crippen molar-refractivity contribution in [3.63, 3.8) is 0 Å². The van der Waals surface area contributed by atoms with Gasteiger partial charge in [-0.1, -0.05) is 12.1 Å². The summed E-state index contributed by atoms with van der Waals surface area (Å²) in [5, 5.41) is 6.87. The summed E-state index contributed by atoms with van der Waals surface area (Å²) < 4.78 is 1.55. The summed E-state index contributed by atoms with van der Waals surface area (Å²) in [6.45, 7) is 0.377. The fourth-order valence-corrected chi connectivity index (χ4v) is 1.83. The monoisotopic (exact) mass is 287 g/mol. The van der Waals surface area contributed by atoms with Gasteiger partial charge in [-0.15, -0.1) is 0 Å². The van der Waals surface area contributed by atoms with Crippen molar-refractivity contribution in [1.82, 2.24) is 15.1 Å². The van der Waals surface area contributed by atoms with Gasteiger partial charge in [-0.25, -0.2) is 4.68 Å². The van der Waals surface area contributed by atoms with Crippen molar-refractivity contribution in [2.45, 2.75) is 12.8 Å². The standard InChI is InChI=1S/C14H17N5O2/c15-10-4-1-2-5-12(10)19-9-7-11(18-19)14(21)17-8-3-6-13(16)20/h1-2,4-5,7,9H,3,6,8,15H2,(H2,16,20)(H,17,21). The molecule has 5 N–H and O–H groups in total. The first-order valence-corrected chi connectivity index (χ1v) is 6.55. The van der Waals surface area contributed by atoms with Gasteiger partial charge in [0.1, 0.15) is 0 Å². The normalized spacial score (nSPS) is 10.3. The van der Waals surface area contributed by atoms with Crippen LogP contribution in [0.15, 0.2) is 36.5 Å².